The summed E-state index contributed by atoms with van der Waals surface area (Å²) in [5.74, 6) is 0. The van der Waals surface area contributed by atoms with E-state index < -0.39 is 0 Å². The van der Waals surface area contributed by atoms with Gasteiger partial charge in [-0.3, -0.25) is 9.97 Å². The fraction of sp³-hybridized carbons (Fsp3) is 0.214. The van der Waals surface area contributed by atoms with Gasteiger partial charge in [-0.25, -0.2) is 4.98 Å². The van der Waals surface area contributed by atoms with E-state index in [1.54, 1.807) is 23.7 Å². The topological polar surface area (TPSA) is 38.7 Å². The average molecular weight is 255 g/mol. The van der Waals surface area contributed by atoms with Crippen LogP contribution in [0.5, 0.6) is 0 Å². The number of aromatic nitrogens is 3. The molecule has 0 aliphatic rings. The van der Waals surface area contributed by atoms with Crippen LogP contribution < -0.4 is 0 Å². The summed E-state index contributed by atoms with van der Waals surface area (Å²) in [5.41, 5.74) is 4.14. The Morgan fingerprint density at radius 2 is 1.94 bits per heavy atom. The summed E-state index contributed by atoms with van der Waals surface area (Å²) < 4.78 is 0. The highest BCUT2D eigenvalue weighted by Crippen LogP contribution is 2.26. The van der Waals surface area contributed by atoms with Gasteiger partial charge in [-0.05, 0) is 24.6 Å². The van der Waals surface area contributed by atoms with Crippen LogP contribution in [0, 0.1) is 0 Å². The lowest BCUT2D eigenvalue weighted by Gasteiger charge is -1.99. The Hall–Kier alpha value is -1.81. The van der Waals surface area contributed by atoms with Crippen LogP contribution in [0.2, 0.25) is 0 Å². The summed E-state index contributed by atoms with van der Waals surface area (Å²) in [6.45, 7) is 2.17. The number of benzene rings is 1. The van der Waals surface area contributed by atoms with E-state index in [2.05, 4.69) is 39.4 Å². The number of rotatable bonds is 3. The summed E-state index contributed by atoms with van der Waals surface area (Å²) in [6.07, 6.45) is 5.61. The van der Waals surface area contributed by atoms with Crippen molar-refractivity contribution < 1.29 is 0 Å². The third-order valence-electron chi connectivity index (χ3n) is 2.77. The first-order chi connectivity index (χ1) is 8.86. The van der Waals surface area contributed by atoms with Crippen LogP contribution >= 0.6 is 11.3 Å². The lowest BCUT2D eigenvalue weighted by molar-refractivity contribution is 0.894. The Labute approximate surface area is 110 Å². The molecule has 0 unspecified atom stereocenters. The number of aryl methyl sites for hydroxylation is 1. The van der Waals surface area contributed by atoms with Crippen LogP contribution in [0.3, 0.4) is 0 Å². The monoisotopic (exact) mass is 255 g/mol. The number of hydrogen-bond donors (Lipinski definition) is 0. The average Bonchev–Trinajstić information content (AvgIpc) is 2.87. The third-order valence-corrected chi connectivity index (χ3v) is 3.71. The van der Waals surface area contributed by atoms with Crippen molar-refractivity contribution in [2.24, 2.45) is 0 Å². The van der Waals surface area contributed by atoms with Crippen LogP contribution in [-0.4, -0.2) is 15.0 Å². The maximum absolute atomic E-state index is 4.65. The van der Waals surface area contributed by atoms with E-state index in [1.165, 1.54) is 5.69 Å². The van der Waals surface area contributed by atoms with Crippen LogP contribution in [0.4, 0.5) is 0 Å². The van der Waals surface area contributed by atoms with Crippen molar-refractivity contribution in [3.8, 4) is 10.6 Å². The van der Waals surface area contributed by atoms with Crippen molar-refractivity contribution in [1.82, 2.24) is 15.0 Å². The van der Waals surface area contributed by atoms with E-state index in [1.807, 2.05) is 6.07 Å². The second kappa shape index (κ2) is 4.82. The molecule has 3 rings (SSSR count). The van der Waals surface area contributed by atoms with Gasteiger partial charge in [0.25, 0.3) is 0 Å². The highest BCUT2D eigenvalue weighted by molar-refractivity contribution is 7.13. The van der Waals surface area contributed by atoms with Gasteiger partial charge < -0.3 is 0 Å². The zero-order valence-corrected chi connectivity index (χ0v) is 10.9. The van der Waals surface area contributed by atoms with Crippen LogP contribution in [0.1, 0.15) is 19.0 Å². The molecular formula is C14H13N3S. The standard InChI is InChI=1S/C14H13N3S/c1-2-3-11-9-18-14(17-11)10-4-5-12-13(8-10)16-7-6-15-12/h4-9H,2-3H2,1H3. The first-order valence-corrected chi connectivity index (χ1v) is 6.90. The molecule has 2 aromatic heterocycles. The normalized spacial score (nSPS) is 10.9. The summed E-state index contributed by atoms with van der Waals surface area (Å²) in [7, 11) is 0. The van der Waals surface area contributed by atoms with Crippen molar-refractivity contribution in [2.75, 3.05) is 0 Å². The Kier molecular flexibility index (Phi) is 3.02. The first kappa shape index (κ1) is 11.3. The van der Waals surface area contributed by atoms with E-state index in [-0.39, 0.29) is 0 Å². The second-order valence-electron chi connectivity index (χ2n) is 4.15. The number of nitrogens with zero attached hydrogens (tertiary/aromatic N) is 3. The molecule has 4 heteroatoms. The van der Waals surface area contributed by atoms with Gasteiger partial charge >= 0.3 is 0 Å². The van der Waals surface area contributed by atoms with Gasteiger partial charge in [-0.1, -0.05) is 13.3 Å². The largest absolute Gasteiger partial charge is 0.253 e. The Morgan fingerprint density at radius 1 is 1.11 bits per heavy atom. The fourth-order valence-corrected chi connectivity index (χ4v) is 2.76. The van der Waals surface area contributed by atoms with E-state index >= 15 is 0 Å². The number of fused-ring (bicyclic) bond motifs is 1. The fourth-order valence-electron chi connectivity index (χ4n) is 1.91. The summed E-state index contributed by atoms with van der Waals surface area (Å²) in [4.78, 5) is 13.2. The quantitative estimate of drug-likeness (QED) is 0.716. The van der Waals surface area contributed by atoms with E-state index in [9.17, 15) is 0 Å². The Balaban J connectivity index is 2.02. The van der Waals surface area contributed by atoms with Gasteiger partial charge in [0.05, 0.1) is 16.7 Å². The molecule has 90 valence electrons. The molecule has 0 N–H and O–H groups in total. The molecule has 0 fully saturated rings. The zero-order valence-electron chi connectivity index (χ0n) is 10.1. The molecule has 0 saturated carbocycles. The van der Waals surface area contributed by atoms with E-state index in [4.69, 9.17) is 0 Å². The highest BCUT2D eigenvalue weighted by Gasteiger charge is 2.05. The molecule has 1 aromatic carbocycles. The number of thiazole rings is 1. The van der Waals surface area contributed by atoms with Crippen molar-refractivity contribution in [3.05, 3.63) is 41.7 Å². The van der Waals surface area contributed by atoms with Gasteiger partial charge in [0, 0.05) is 23.3 Å². The molecule has 0 aliphatic heterocycles. The maximum Gasteiger partial charge on any atom is 0.123 e. The molecule has 0 radical (unpaired) electrons. The predicted molar refractivity (Wildman–Crippen MR) is 74.6 cm³/mol. The van der Waals surface area contributed by atoms with Crippen molar-refractivity contribution in [1.29, 1.82) is 0 Å². The highest BCUT2D eigenvalue weighted by atomic mass is 32.1. The molecule has 0 amide bonds. The molecule has 3 nitrogen and oxygen atoms in total. The van der Waals surface area contributed by atoms with E-state index in [0.29, 0.717) is 0 Å². The van der Waals surface area contributed by atoms with Crippen molar-refractivity contribution >= 4 is 22.4 Å². The zero-order chi connectivity index (χ0) is 12.4. The van der Waals surface area contributed by atoms with Gasteiger partial charge in [-0.2, -0.15) is 0 Å². The SMILES string of the molecule is CCCc1csc(-c2ccc3nccnc3c2)n1. The van der Waals surface area contributed by atoms with Gasteiger partial charge in [-0.15, -0.1) is 11.3 Å². The predicted octanol–water partition coefficient (Wildman–Crippen LogP) is 3.71. The second-order valence-corrected chi connectivity index (χ2v) is 5.01. The molecular weight excluding hydrogens is 242 g/mol. The van der Waals surface area contributed by atoms with Crippen LogP contribution in [0.15, 0.2) is 36.0 Å². The molecule has 0 spiro atoms. The molecule has 0 aliphatic carbocycles. The number of hydrogen-bond acceptors (Lipinski definition) is 4. The lowest BCUT2D eigenvalue weighted by atomic mass is 10.2. The van der Waals surface area contributed by atoms with Crippen molar-refractivity contribution in [2.45, 2.75) is 19.8 Å². The maximum atomic E-state index is 4.65. The molecule has 0 saturated heterocycles. The molecule has 0 bridgehead atoms. The summed E-state index contributed by atoms with van der Waals surface area (Å²) in [5, 5.41) is 3.20. The van der Waals surface area contributed by atoms with Crippen LogP contribution in [0.25, 0.3) is 21.6 Å². The Morgan fingerprint density at radius 3 is 2.78 bits per heavy atom. The third kappa shape index (κ3) is 2.11. The van der Waals surface area contributed by atoms with Crippen molar-refractivity contribution in [3.63, 3.8) is 0 Å². The Bertz CT molecular complexity index is 675. The summed E-state index contributed by atoms with van der Waals surface area (Å²) >= 11 is 1.69. The molecule has 3 aromatic rings. The minimum atomic E-state index is 0.919. The van der Waals surface area contributed by atoms with Gasteiger partial charge in [0.15, 0.2) is 0 Å². The minimum absolute atomic E-state index is 0.919. The van der Waals surface area contributed by atoms with Gasteiger partial charge in [0.1, 0.15) is 5.01 Å². The lowest BCUT2D eigenvalue weighted by Crippen LogP contribution is -1.85. The molecule has 0 atom stereocenters. The first-order valence-electron chi connectivity index (χ1n) is 6.02. The van der Waals surface area contributed by atoms with E-state index in [0.717, 1.165) is 34.4 Å². The van der Waals surface area contributed by atoms with Crippen LogP contribution in [-0.2, 0) is 6.42 Å². The minimum Gasteiger partial charge on any atom is -0.253 e. The molecule has 2 heterocycles. The molecule has 18 heavy (non-hydrogen) atoms. The van der Waals surface area contributed by atoms with Gasteiger partial charge in [0.2, 0.25) is 0 Å². The summed E-state index contributed by atoms with van der Waals surface area (Å²) in [6, 6.07) is 6.11. The smallest absolute Gasteiger partial charge is 0.123 e.